The average Bonchev–Trinajstić information content (AvgIpc) is 2.89. The van der Waals surface area contributed by atoms with Gasteiger partial charge < -0.3 is 10.2 Å². The van der Waals surface area contributed by atoms with Gasteiger partial charge in [-0.3, -0.25) is 9.59 Å². The number of carbonyl (C=O) groups excluding carboxylic acids is 2. The van der Waals surface area contributed by atoms with Crippen LogP contribution in [-0.4, -0.2) is 33.8 Å². The Kier molecular flexibility index (Phi) is 2.70. The van der Waals surface area contributed by atoms with Crippen molar-refractivity contribution in [3.63, 3.8) is 0 Å². The van der Waals surface area contributed by atoms with E-state index in [1.165, 1.54) is 0 Å². The molecule has 1 heterocycles. The van der Waals surface area contributed by atoms with Crippen molar-refractivity contribution in [1.82, 2.24) is 10.2 Å². The predicted octanol–water partition coefficient (Wildman–Crippen LogP) is 1.83. The molecule has 1 spiro atoms. The van der Waals surface area contributed by atoms with Gasteiger partial charge in [-0.15, -0.1) is 0 Å². The quantitative estimate of drug-likeness (QED) is 0.827. The van der Waals surface area contributed by atoms with E-state index >= 15 is 0 Å². The van der Waals surface area contributed by atoms with Crippen LogP contribution < -0.4 is 5.32 Å². The van der Waals surface area contributed by atoms with E-state index in [1.807, 2.05) is 18.7 Å². The molecular weight excluding hydrogens is 240 g/mol. The fourth-order valence-corrected chi connectivity index (χ4v) is 3.76. The molecular formula is C15H24N2O2. The molecule has 1 N–H and O–H groups in total. The van der Waals surface area contributed by atoms with Gasteiger partial charge in [-0.2, -0.15) is 0 Å². The van der Waals surface area contributed by atoms with Gasteiger partial charge in [0.2, 0.25) is 11.8 Å². The second-order valence-corrected chi connectivity index (χ2v) is 7.14. The Morgan fingerprint density at radius 1 is 1.16 bits per heavy atom. The molecule has 106 valence electrons. The molecule has 3 aliphatic rings. The summed E-state index contributed by atoms with van der Waals surface area (Å²) in [6.07, 6.45) is 5.78. The van der Waals surface area contributed by atoms with Gasteiger partial charge in [-0.1, -0.05) is 26.7 Å². The first-order chi connectivity index (χ1) is 8.90. The smallest absolute Gasteiger partial charge is 0.249 e. The van der Waals surface area contributed by atoms with Crippen molar-refractivity contribution in [2.24, 2.45) is 5.92 Å². The first-order valence-corrected chi connectivity index (χ1v) is 7.55. The maximum Gasteiger partial charge on any atom is 0.249 e. The summed E-state index contributed by atoms with van der Waals surface area (Å²) in [6, 6.07) is -0.286. The zero-order chi connectivity index (χ0) is 13.8. The van der Waals surface area contributed by atoms with Crippen LogP contribution in [0.4, 0.5) is 0 Å². The first-order valence-electron chi connectivity index (χ1n) is 7.55. The number of nitrogens with one attached hydrogen (secondary N) is 1. The fraction of sp³-hybridized carbons (Fsp3) is 0.867. The maximum atomic E-state index is 13.0. The Hall–Kier alpha value is -1.06. The molecule has 0 aromatic rings. The maximum absolute atomic E-state index is 13.0. The van der Waals surface area contributed by atoms with Crippen molar-refractivity contribution in [2.75, 3.05) is 0 Å². The van der Waals surface area contributed by atoms with Gasteiger partial charge in [0.25, 0.3) is 0 Å². The minimum absolute atomic E-state index is 0.0598. The summed E-state index contributed by atoms with van der Waals surface area (Å²) in [7, 11) is 0. The highest BCUT2D eigenvalue weighted by molar-refractivity contribution is 6.00. The van der Waals surface area contributed by atoms with E-state index in [2.05, 4.69) is 12.2 Å². The minimum Gasteiger partial charge on any atom is -0.340 e. The van der Waals surface area contributed by atoms with Crippen molar-refractivity contribution >= 4 is 11.8 Å². The van der Waals surface area contributed by atoms with Gasteiger partial charge in [0.15, 0.2) is 0 Å². The first kappa shape index (κ1) is 12.9. The third-order valence-corrected chi connectivity index (χ3v) is 5.18. The van der Waals surface area contributed by atoms with Crippen molar-refractivity contribution < 1.29 is 9.59 Å². The van der Waals surface area contributed by atoms with E-state index in [1.54, 1.807) is 0 Å². The lowest BCUT2D eigenvalue weighted by atomic mass is 9.86. The van der Waals surface area contributed by atoms with Crippen LogP contribution in [0.2, 0.25) is 0 Å². The highest BCUT2D eigenvalue weighted by Gasteiger charge is 2.60. The highest BCUT2D eigenvalue weighted by atomic mass is 16.2. The Bertz CT molecular complexity index is 420. The minimum atomic E-state index is -0.575. The number of carbonyl (C=O) groups is 2. The topological polar surface area (TPSA) is 49.4 Å². The van der Waals surface area contributed by atoms with Crippen LogP contribution in [0.25, 0.3) is 0 Å². The van der Waals surface area contributed by atoms with Crippen molar-refractivity contribution in [2.45, 2.75) is 76.4 Å². The van der Waals surface area contributed by atoms with Crippen molar-refractivity contribution in [3.05, 3.63) is 0 Å². The second kappa shape index (κ2) is 3.97. The van der Waals surface area contributed by atoms with Crippen LogP contribution >= 0.6 is 0 Å². The number of hydrogen-bond donors (Lipinski definition) is 1. The molecule has 0 aromatic carbocycles. The molecule has 2 amide bonds. The molecule has 0 radical (unpaired) electrons. The summed E-state index contributed by atoms with van der Waals surface area (Å²) in [5.74, 6) is 0.410. The van der Waals surface area contributed by atoms with Gasteiger partial charge in [0.05, 0.1) is 0 Å². The third kappa shape index (κ3) is 1.79. The molecule has 3 fully saturated rings. The van der Waals surface area contributed by atoms with Crippen molar-refractivity contribution in [3.8, 4) is 0 Å². The van der Waals surface area contributed by atoms with Gasteiger partial charge in [-0.05, 0) is 38.5 Å². The highest BCUT2D eigenvalue weighted by Crippen LogP contribution is 2.47. The van der Waals surface area contributed by atoms with Crippen LogP contribution in [0.1, 0.15) is 59.3 Å². The van der Waals surface area contributed by atoms with Crippen LogP contribution in [-0.2, 0) is 9.59 Å². The summed E-state index contributed by atoms with van der Waals surface area (Å²) >= 11 is 0. The lowest BCUT2D eigenvalue weighted by Crippen LogP contribution is -2.72. The monoisotopic (exact) mass is 264 g/mol. The van der Waals surface area contributed by atoms with Gasteiger partial charge >= 0.3 is 0 Å². The zero-order valence-electron chi connectivity index (χ0n) is 12.2. The molecule has 4 heteroatoms. The summed E-state index contributed by atoms with van der Waals surface area (Å²) in [6.45, 7) is 6.19. The fourth-order valence-electron chi connectivity index (χ4n) is 3.76. The summed E-state index contributed by atoms with van der Waals surface area (Å²) in [5, 5.41) is 3.07. The molecule has 1 saturated heterocycles. The number of piperazine rings is 1. The molecule has 4 nitrogen and oxygen atoms in total. The number of rotatable bonds is 2. The van der Waals surface area contributed by atoms with Gasteiger partial charge in [0, 0.05) is 5.54 Å². The summed E-state index contributed by atoms with van der Waals surface area (Å²) in [4.78, 5) is 27.5. The Morgan fingerprint density at radius 3 is 2.21 bits per heavy atom. The van der Waals surface area contributed by atoms with Crippen LogP contribution in [0.3, 0.4) is 0 Å². The number of nitrogens with zero attached hydrogens (tertiary/aromatic N) is 1. The second-order valence-electron chi connectivity index (χ2n) is 7.14. The van der Waals surface area contributed by atoms with Crippen LogP contribution in [0, 0.1) is 5.92 Å². The molecule has 19 heavy (non-hydrogen) atoms. The van der Waals surface area contributed by atoms with E-state index in [0.29, 0.717) is 0 Å². The van der Waals surface area contributed by atoms with E-state index in [0.717, 1.165) is 38.5 Å². The zero-order valence-corrected chi connectivity index (χ0v) is 12.2. The van der Waals surface area contributed by atoms with Crippen LogP contribution in [0.5, 0.6) is 0 Å². The van der Waals surface area contributed by atoms with Gasteiger partial charge in [0.1, 0.15) is 11.6 Å². The molecule has 3 rings (SSSR count). The van der Waals surface area contributed by atoms with Crippen LogP contribution in [0.15, 0.2) is 0 Å². The number of hydrogen-bond acceptors (Lipinski definition) is 2. The summed E-state index contributed by atoms with van der Waals surface area (Å²) < 4.78 is 0. The van der Waals surface area contributed by atoms with E-state index in [4.69, 9.17) is 0 Å². The Morgan fingerprint density at radius 2 is 1.74 bits per heavy atom. The van der Waals surface area contributed by atoms with Gasteiger partial charge in [-0.25, -0.2) is 0 Å². The molecule has 1 aliphatic heterocycles. The molecule has 1 unspecified atom stereocenters. The number of amides is 2. The molecule has 2 aliphatic carbocycles. The Labute approximate surface area is 114 Å². The van der Waals surface area contributed by atoms with Crippen molar-refractivity contribution in [1.29, 1.82) is 0 Å². The molecule has 2 saturated carbocycles. The SMILES string of the molecule is CC(C)C1C(=O)NC2(CCCC2)C(=O)N1C1(C)CC1. The normalized spacial score (nSPS) is 32.0. The predicted molar refractivity (Wildman–Crippen MR) is 72.5 cm³/mol. The van der Waals surface area contributed by atoms with E-state index in [9.17, 15) is 9.59 Å². The van der Waals surface area contributed by atoms with E-state index < -0.39 is 5.54 Å². The molecule has 0 bridgehead atoms. The lowest BCUT2D eigenvalue weighted by molar-refractivity contribution is -0.160. The Balaban J connectivity index is 1.99. The largest absolute Gasteiger partial charge is 0.340 e. The van der Waals surface area contributed by atoms with E-state index in [-0.39, 0.29) is 29.3 Å². The summed E-state index contributed by atoms with van der Waals surface area (Å²) in [5.41, 5.74) is -0.645. The molecule has 0 aromatic heterocycles. The standard InChI is InChI=1S/C15H24N2O2/c1-10(2)11-12(18)16-15(6-4-5-7-15)13(19)17(11)14(3)8-9-14/h10-11H,4-9H2,1-3H3,(H,16,18). The molecule has 1 atom stereocenters. The lowest BCUT2D eigenvalue weighted by Gasteiger charge is -2.48. The average molecular weight is 264 g/mol. The third-order valence-electron chi connectivity index (χ3n) is 5.18.